The summed E-state index contributed by atoms with van der Waals surface area (Å²) in [5.74, 6) is -8.08. The molecule has 5 rings (SSSR count). The van der Waals surface area contributed by atoms with Gasteiger partial charge in [-0.05, 0) is 32.0 Å². The highest BCUT2D eigenvalue weighted by atomic mass is 16.8. The van der Waals surface area contributed by atoms with Crippen LogP contribution in [0.25, 0.3) is 0 Å². The highest BCUT2D eigenvalue weighted by molar-refractivity contribution is 5.95. The summed E-state index contributed by atoms with van der Waals surface area (Å²) in [4.78, 5) is 38.6. The van der Waals surface area contributed by atoms with Crippen LogP contribution in [0.1, 0.15) is 37.6 Å². The molecule has 4 heterocycles. The zero-order valence-electron chi connectivity index (χ0n) is 34.0. The molecule has 21 atom stereocenters. The molecule has 0 spiro atoms. The van der Waals surface area contributed by atoms with Crippen LogP contribution in [0.15, 0.2) is 18.2 Å². The molecule has 1 aromatic carbocycles. The standard InChI is InChI=1S/C37H56N2O24/c1-11-21(39-33(54)14-4-5-15(44)16(45)6-14)31(61-34-27(52)26(51)23(48)12(2)58-34)29(20(10-42)57-11)60-35-28(53)32(25(50)19(9-41)59-35)63-37(36(55)56)7-17(46)22(38-13(3)43)30(62-37)24(49)18(47)8-40/h4-6,11-12,17-32,34-35,40-42,44-53H,7-10H2,1-3H3,(H,38,43)(H,39,54)(H,55,56)/t11-,12?,17?,18+,19?,20?,21?,22+,23-,24+,25+,26?,27-,28?,29-,30?,31+,32?,34-,35+,37-/m0/s1. The zero-order valence-corrected chi connectivity index (χ0v) is 34.0. The number of hydrogen-bond acceptors (Lipinski definition) is 23. The highest BCUT2D eigenvalue weighted by Gasteiger charge is 2.60. The van der Waals surface area contributed by atoms with E-state index >= 15 is 0 Å². The summed E-state index contributed by atoms with van der Waals surface area (Å²) in [6.07, 6.45) is -34.3. The number of hydrogen-bond donors (Lipinski definition) is 16. The van der Waals surface area contributed by atoms with Gasteiger partial charge < -0.3 is 115 Å². The molecule has 0 bridgehead atoms. The molecule has 4 aliphatic heterocycles. The third-order valence-electron chi connectivity index (χ3n) is 11.4. The van der Waals surface area contributed by atoms with Crippen molar-refractivity contribution in [3.8, 4) is 11.5 Å². The van der Waals surface area contributed by atoms with Crippen molar-refractivity contribution in [1.29, 1.82) is 0 Å². The quantitative estimate of drug-likeness (QED) is 0.0727. The summed E-state index contributed by atoms with van der Waals surface area (Å²) < 4.78 is 41.0. The number of nitrogens with one attached hydrogen (secondary N) is 2. The second-order valence-electron chi connectivity index (χ2n) is 15.8. The number of rotatable bonds is 15. The van der Waals surface area contributed by atoms with Crippen molar-refractivity contribution in [3.63, 3.8) is 0 Å². The van der Waals surface area contributed by atoms with Crippen LogP contribution < -0.4 is 10.6 Å². The van der Waals surface area contributed by atoms with Crippen LogP contribution in [-0.2, 0) is 42.7 Å². The molecule has 26 heteroatoms. The first-order valence-electron chi connectivity index (χ1n) is 19.8. The molecule has 4 aliphatic rings. The summed E-state index contributed by atoms with van der Waals surface area (Å²) >= 11 is 0. The van der Waals surface area contributed by atoms with Crippen LogP contribution in [0.3, 0.4) is 0 Å². The number of phenolic OH excluding ortho intramolecular Hbond substituents is 2. The molecule has 0 aromatic heterocycles. The summed E-state index contributed by atoms with van der Waals surface area (Å²) in [7, 11) is 0. The Balaban J connectivity index is 1.52. The first kappa shape index (κ1) is 50.5. The van der Waals surface area contributed by atoms with Gasteiger partial charge in [-0.25, -0.2) is 4.79 Å². The Morgan fingerprint density at radius 3 is 1.98 bits per heavy atom. The average molecular weight is 913 g/mol. The van der Waals surface area contributed by atoms with Gasteiger partial charge in [0.05, 0.1) is 50.2 Å². The summed E-state index contributed by atoms with van der Waals surface area (Å²) in [5.41, 5.74) is -0.198. The number of aromatic hydroxyl groups is 2. The van der Waals surface area contributed by atoms with Crippen molar-refractivity contribution in [1.82, 2.24) is 10.6 Å². The minimum absolute atomic E-state index is 0.198. The van der Waals surface area contributed by atoms with E-state index in [0.717, 1.165) is 25.1 Å². The van der Waals surface area contributed by atoms with Gasteiger partial charge in [0.2, 0.25) is 5.91 Å². The fourth-order valence-electron chi connectivity index (χ4n) is 7.90. The van der Waals surface area contributed by atoms with Crippen molar-refractivity contribution in [2.75, 3.05) is 19.8 Å². The molecule has 4 fully saturated rings. The maximum Gasteiger partial charge on any atom is 0.364 e. The molecule has 26 nitrogen and oxygen atoms in total. The van der Waals surface area contributed by atoms with E-state index in [2.05, 4.69) is 10.6 Å². The number of phenols is 2. The monoisotopic (exact) mass is 912 g/mol. The van der Waals surface area contributed by atoms with Gasteiger partial charge in [-0.1, -0.05) is 0 Å². The van der Waals surface area contributed by atoms with Gasteiger partial charge in [0.25, 0.3) is 11.7 Å². The predicted molar refractivity (Wildman–Crippen MR) is 200 cm³/mol. The Morgan fingerprint density at radius 1 is 0.762 bits per heavy atom. The van der Waals surface area contributed by atoms with E-state index in [0.29, 0.717) is 0 Å². The zero-order chi connectivity index (χ0) is 46.8. The summed E-state index contributed by atoms with van der Waals surface area (Å²) in [6, 6.07) is 0.0693. The largest absolute Gasteiger partial charge is 0.504 e. The lowest BCUT2D eigenvalue weighted by Gasteiger charge is -2.51. The topological polar surface area (TPSA) is 423 Å². The van der Waals surface area contributed by atoms with Crippen molar-refractivity contribution < 1.29 is 119 Å². The molecule has 2 amide bonds. The second-order valence-corrected chi connectivity index (χ2v) is 15.8. The molecule has 0 saturated carbocycles. The minimum Gasteiger partial charge on any atom is -0.504 e. The third kappa shape index (κ3) is 10.6. The summed E-state index contributed by atoms with van der Waals surface area (Å²) in [5, 5.41) is 153. The first-order valence-corrected chi connectivity index (χ1v) is 19.8. The molecular weight excluding hydrogens is 856 g/mol. The van der Waals surface area contributed by atoms with Gasteiger partial charge in [-0.3, -0.25) is 9.59 Å². The van der Waals surface area contributed by atoms with Crippen LogP contribution in [0.5, 0.6) is 11.5 Å². The lowest BCUT2D eigenvalue weighted by Crippen LogP contribution is -2.71. The fourth-order valence-corrected chi connectivity index (χ4v) is 7.90. The molecule has 16 N–H and O–H groups in total. The van der Waals surface area contributed by atoms with Crippen LogP contribution >= 0.6 is 0 Å². The van der Waals surface area contributed by atoms with E-state index in [9.17, 15) is 85.9 Å². The van der Waals surface area contributed by atoms with Crippen LogP contribution in [-0.4, -0.2) is 237 Å². The van der Waals surface area contributed by atoms with Crippen LogP contribution in [0, 0.1) is 0 Å². The van der Waals surface area contributed by atoms with Gasteiger partial charge in [0.15, 0.2) is 24.1 Å². The van der Waals surface area contributed by atoms with Crippen LogP contribution in [0.4, 0.5) is 0 Å². The van der Waals surface area contributed by atoms with Gasteiger partial charge in [-0.15, -0.1) is 0 Å². The predicted octanol–water partition coefficient (Wildman–Crippen LogP) is -7.45. The van der Waals surface area contributed by atoms with Crippen molar-refractivity contribution >= 4 is 17.8 Å². The lowest BCUT2D eigenvalue weighted by atomic mass is 9.88. The Hall–Kier alpha value is -3.49. The molecule has 9 unspecified atom stereocenters. The number of benzene rings is 1. The molecule has 4 saturated heterocycles. The Kier molecular flexibility index (Phi) is 16.7. The number of ether oxygens (including phenoxy) is 7. The molecule has 1 aromatic rings. The average Bonchev–Trinajstić information content (AvgIpc) is 3.24. The Bertz CT molecular complexity index is 1730. The Labute approximate surface area is 357 Å². The van der Waals surface area contributed by atoms with E-state index in [1.54, 1.807) is 0 Å². The number of carbonyl (C=O) groups excluding carboxylic acids is 2. The molecule has 63 heavy (non-hydrogen) atoms. The maximum absolute atomic E-state index is 13.6. The second kappa shape index (κ2) is 20.8. The van der Waals surface area contributed by atoms with Gasteiger partial charge >= 0.3 is 5.97 Å². The van der Waals surface area contributed by atoms with E-state index < -0.39 is 184 Å². The maximum atomic E-state index is 13.6. The first-order chi connectivity index (χ1) is 29.6. The van der Waals surface area contributed by atoms with Gasteiger partial charge in [0, 0.05) is 18.9 Å². The molecule has 358 valence electrons. The normalized spacial score (nSPS) is 41.9. The SMILES string of the molecule is CC(=O)N[C@@H]1C(O)C[C@](OC2C(O)[C@@H](O[C@H]3C(CO)O[C@@H](C)C(NC(=O)c4ccc(O)c(O)c4)[C@H]3O[C@@H]3OC(C)[C@H](O)C(O)[C@@H]3O)OC(CO)[C@H]2O)(C(=O)O)OC1[C@H](O)[C@H](O)CO. The van der Waals surface area contributed by atoms with Crippen molar-refractivity contribution in [2.24, 2.45) is 0 Å². The van der Waals surface area contributed by atoms with Crippen molar-refractivity contribution in [3.05, 3.63) is 23.8 Å². The minimum atomic E-state index is -3.14. The summed E-state index contributed by atoms with van der Waals surface area (Å²) in [6.45, 7) is 0.726. The van der Waals surface area contributed by atoms with E-state index in [1.807, 2.05) is 0 Å². The molecular formula is C37H56N2O24. The highest BCUT2D eigenvalue weighted by Crippen LogP contribution is 2.39. The van der Waals surface area contributed by atoms with Gasteiger partial charge in [0.1, 0.15) is 79.4 Å². The van der Waals surface area contributed by atoms with Gasteiger partial charge in [-0.2, -0.15) is 0 Å². The molecule has 0 radical (unpaired) electrons. The lowest BCUT2D eigenvalue weighted by molar-refractivity contribution is -0.385. The molecule has 0 aliphatic carbocycles. The van der Waals surface area contributed by atoms with E-state index in [-0.39, 0.29) is 5.56 Å². The third-order valence-corrected chi connectivity index (χ3v) is 11.4. The fraction of sp³-hybridized carbons (Fsp3) is 0.757. The smallest absolute Gasteiger partial charge is 0.364 e. The number of carbonyl (C=O) groups is 3. The number of amides is 2. The number of carboxylic acid groups (broad SMARTS) is 1. The Morgan fingerprint density at radius 2 is 1.40 bits per heavy atom. The van der Waals surface area contributed by atoms with Crippen LogP contribution in [0.2, 0.25) is 0 Å². The number of aliphatic carboxylic acids is 1. The number of carboxylic acids is 1. The van der Waals surface area contributed by atoms with E-state index in [1.165, 1.54) is 13.8 Å². The number of aliphatic hydroxyl groups excluding tert-OH is 11. The number of aliphatic hydroxyl groups is 11. The van der Waals surface area contributed by atoms with Crippen molar-refractivity contribution in [2.45, 2.75) is 155 Å². The van der Waals surface area contributed by atoms with E-state index in [4.69, 9.17) is 33.2 Å².